The molecule has 0 N–H and O–H groups in total. The Hall–Kier alpha value is -3.65. The van der Waals surface area contributed by atoms with Gasteiger partial charge < -0.3 is 14.2 Å². The smallest absolute Gasteiger partial charge is 0.328 e. The van der Waals surface area contributed by atoms with E-state index in [-0.39, 0.29) is 29.1 Å². The van der Waals surface area contributed by atoms with E-state index in [0.717, 1.165) is 0 Å². The number of rotatable bonds is 5. The lowest BCUT2D eigenvalue weighted by atomic mass is 10.2. The maximum absolute atomic E-state index is 8.84. The van der Waals surface area contributed by atoms with E-state index in [4.69, 9.17) is 24.7 Å². The van der Waals surface area contributed by atoms with Crippen LogP contribution in [-0.2, 0) is 0 Å². The van der Waals surface area contributed by atoms with Gasteiger partial charge in [-0.2, -0.15) is 20.5 Å². The number of ether oxygens (including phenoxy) is 3. The maximum atomic E-state index is 8.84. The molecule has 0 bridgehead atoms. The molecule has 2 rings (SSSR count). The van der Waals surface area contributed by atoms with Crippen molar-refractivity contribution in [3.63, 3.8) is 0 Å². The minimum absolute atomic E-state index is 0.0145. The summed E-state index contributed by atoms with van der Waals surface area (Å²) in [6.45, 7) is 0. The van der Waals surface area contributed by atoms with Gasteiger partial charge in [-0.3, -0.25) is 4.98 Å². The van der Waals surface area contributed by atoms with E-state index in [1.54, 1.807) is 24.3 Å². The summed E-state index contributed by atoms with van der Waals surface area (Å²) in [6, 6.07) is 8.26. The average molecular weight is 309 g/mol. The number of allylic oxidation sites excluding steroid dienone is 1. The highest BCUT2D eigenvalue weighted by atomic mass is 16.5. The van der Waals surface area contributed by atoms with Crippen LogP contribution < -0.4 is 14.2 Å². The summed E-state index contributed by atoms with van der Waals surface area (Å²) in [5.74, 6) is 0.816. The first-order chi connectivity index (χ1) is 11.2. The van der Waals surface area contributed by atoms with Crippen LogP contribution in [0.4, 0.5) is 0 Å². The molecule has 0 aliphatic rings. The topological polar surface area (TPSA) is 114 Å². The zero-order valence-corrected chi connectivity index (χ0v) is 12.3. The molecule has 23 heavy (non-hydrogen) atoms. The first-order valence-corrected chi connectivity index (χ1v) is 6.32. The van der Waals surface area contributed by atoms with Crippen LogP contribution in [0, 0.1) is 22.7 Å². The van der Waals surface area contributed by atoms with Crippen LogP contribution in [-0.4, -0.2) is 29.2 Å². The van der Waals surface area contributed by atoms with Crippen molar-refractivity contribution < 1.29 is 14.2 Å². The highest BCUT2D eigenvalue weighted by molar-refractivity contribution is 5.63. The third kappa shape index (κ3) is 3.93. The summed E-state index contributed by atoms with van der Waals surface area (Å²) < 4.78 is 15.7. The standard InChI is InChI=1S/C15H11N5O3/c1-21-13-7-14(22-2)20-15(19-13)23-12-4-3-5-18-11(12)6-10(8-16)9-17/h3-7H,1-2H3. The van der Waals surface area contributed by atoms with Crippen LogP contribution in [0.3, 0.4) is 0 Å². The predicted molar refractivity (Wildman–Crippen MR) is 78.7 cm³/mol. The van der Waals surface area contributed by atoms with Crippen molar-refractivity contribution in [2.45, 2.75) is 0 Å². The number of nitriles is 2. The van der Waals surface area contributed by atoms with E-state index in [1.165, 1.54) is 32.6 Å². The fraction of sp³-hybridized carbons (Fsp3) is 0.133. The van der Waals surface area contributed by atoms with Gasteiger partial charge in [-0.1, -0.05) is 0 Å². The first kappa shape index (κ1) is 15.7. The average Bonchev–Trinajstić information content (AvgIpc) is 2.60. The van der Waals surface area contributed by atoms with Gasteiger partial charge in [0.05, 0.1) is 20.3 Å². The summed E-state index contributed by atoms with van der Waals surface area (Å²) in [6.07, 6.45) is 2.82. The first-order valence-electron chi connectivity index (χ1n) is 6.32. The number of pyridine rings is 1. The molecule has 0 fully saturated rings. The van der Waals surface area contributed by atoms with Crippen molar-refractivity contribution >= 4 is 6.08 Å². The van der Waals surface area contributed by atoms with Gasteiger partial charge in [-0.25, -0.2) is 0 Å². The molecule has 0 aliphatic heterocycles. The third-order valence-corrected chi connectivity index (χ3v) is 2.60. The molecular weight excluding hydrogens is 298 g/mol. The van der Waals surface area contributed by atoms with E-state index >= 15 is 0 Å². The molecule has 0 aliphatic carbocycles. The van der Waals surface area contributed by atoms with E-state index in [2.05, 4.69) is 15.0 Å². The molecule has 2 aromatic rings. The van der Waals surface area contributed by atoms with Gasteiger partial charge >= 0.3 is 6.01 Å². The lowest BCUT2D eigenvalue weighted by molar-refractivity contribution is 0.347. The van der Waals surface area contributed by atoms with E-state index in [0.29, 0.717) is 5.69 Å². The summed E-state index contributed by atoms with van der Waals surface area (Å²) in [4.78, 5) is 12.2. The van der Waals surface area contributed by atoms with Gasteiger partial charge in [0.25, 0.3) is 0 Å². The van der Waals surface area contributed by atoms with Crippen LogP contribution in [0.2, 0.25) is 0 Å². The molecule has 8 heteroatoms. The van der Waals surface area contributed by atoms with Crippen LogP contribution in [0.5, 0.6) is 23.5 Å². The summed E-state index contributed by atoms with van der Waals surface area (Å²) in [7, 11) is 2.91. The molecule has 0 spiro atoms. The molecule has 0 saturated heterocycles. The second kappa shape index (κ2) is 7.38. The Morgan fingerprint density at radius 2 is 1.78 bits per heavy atom. The molecule has 8 nitrogen and oxygen atoms in total. The Balaban J connectivity index is 2.40. The molecule has 0 saturated carbocycles. The SMILES string of the molecule is COc1cc(OC)nc(Oc2cccnc2C=C(C#N)C#N)n1. The zero-order valence-electron chi connectivity index (χ0n) is 12.3. The van der Waals surface area contributed by atoms with Gasteiger partial charge in [-0.05, 0) is 18.2 Å². The number of hydrogen-bond donors (Lipinski definition) is 0. The molecule has 2 aromatic heterocycles. The van der Waals surface area contributed by atoms with Crippen LogP contribution in [0.1, 0.15) is 5.69 Å². The summed E-state index contributed by atoms with van der Waals surface area (Å²) in [5, 5.41) is 17.7. The van der Waals surface area contributed by atoms with E-state index in [9.17, 15) is 0 Å². The van der Waals surface area contributed by atoms with Crippen molar-refractivity contribution in [1.29, 1.82) is 10.5 Å². The van der Waals surface area contributed by atoms with Gasteiger partial charge in [0.1, 0.15) is 23.4 Å². The van der Waals surface area contributed by atoms with Gasteiger partial charge in [0, 0.05) is 6.20 Å². The lowest BCUT2D eigenvalue weighted by Crippen LogP contribution is -1.99. The highest BCUT2D eigenvalue weighted by Crippen LogP contribution is 2.26. The Kier molecular flexibility index (Phi) is 5.05. The molecule has 0 radical (unpaired) electrons. The van der Waals surface area contributed by atoms with Crippen molar-refractivity contribution in [2.24, 2.45) is 0 Å². The lowest BCUT2D eigenvalue weighted by Gasteiger charge is -2.08. The highest BCUT2D eigenvalue weighted by Gasteiger charge is 2.11. The van der Waals surface area contributed by atoms with Gasteiger partial charge in [0.2, 0.25) is 11.8 Å². The second-order valence-electron chi connectivity index (χ2n) is 4.01. The molecule has 0 atom stereocenters. The van der Waals surface area contributed by atoms with Gasteiger partial charge in [0.15, 0.2) is 5.75 Å². The van der Waals surface area contributed by atoms with E-state index < -0.39 is 0 Å². The van der Waals surface area contributed by atoms with Crippen LogP contribution in [0.25, 0.3) is 6.08 Å². The minimum Gasteiger partial charge on any atom is -0.481 e. The monoisotopic (exact) mass is 309 g/mol. The fourth-order valence-electron chi connectivity index (χ4n) is 1.56. The van der Waals surface area contributed by atoms with Crippen LogP contribution in [0.15, 0.2) is 30.0 Å². The number of hydrogen-bond acceptors (Lipinski definition) is 8. The Bertz CT molecular complexity index is 782. The summed E-state index contributed by atoms with van der Waals surface area (Å²) in [5.41, 5.74) is 0.202. The number of aromatic nitrogens is 3. The largest absolute Gasteiger partial charge is 0.481 e. The van der Waals surface area contributed by atoms with Gasteiger partial charge in [-0.15, -0.1) is 0 Å². The molecule has 0 aromatic carbocycles. The van der Waals surface area contributed by atoms with Crippen molar-refractivity contribution in [1.82, 2.24) is 15.0 Å². The third-order valence-electron chi connectivity index (χ3n) is 2.60. The van der Waals surface area contributed by atoms with Crippen molar-refractivity contribution in [3.8, 4) is 35.7 Å². The zero-order chi connectivity index (χ0) is 16.7. The van der Waals surface area contributed by atoms with E-state index in [1.807, 2.05) is 0 Å². The quantitative estimate of drug-likeness (QED) is 0.771. The second-order valence-corrected chi connectivity index (χ2v) is 4.01. The fourth-order valence-corrected chi connectivity index (χ4v) is 1.56. The minimum atomic E-state index is -0.0994. The van der Waals surface area contributed by atoms with Crippen LogP contribution >= 0.6 is 0 Å². The van der Waals surface area contributed by atoms with Crippen molar-refractivity contribution in [3.05, 3.63) is 35.7 Å². The Morgan fingerprint density at radius 3 is 2.35 bits per heavy atom. The maximum Gasteiger partial charge on any atom is 0.328 e. The molecular formula is C15H11N5O3. The molecule has 114 valence electrons. The summed E-state index contributed by atoms with van der Waals surface area (Å²) >= 11 is 0. The predicted octanol–water partition coefficient (Wildman–Crippen LogP) is 2.11. The molecule has 0 unspecified atom stereocenters. The van der Waals surface area contributed by atoms with Crippen molar-refractivity contribution in [2.75, 3.05) is 14.2 Å². The number of methoxy groups -OCH3 is 2. The number of nitrogens with zero attached hydrogens (tertiary/aromatic N) is 5. The normalized spacial score (nSPS) is 9.22. The molecule has 2 heterocycles. The Morgan fingerprint density at radius 1 is 1.13 bits per heavy atom. The Labute approximate surface area is 132 Å². The molecule has 0 amide bonds.